The van der Waals surface area contributed by atoms with E-state index in [-0.39, 0.29) is 11.3 Å². The van der Waals surface area contributed by atoms with E-state index < -0.39 is 5.97 Å². The number of pyridine rings is 1. The van der Waals surface area contributed by atoms with E-state index in [1.54, 1.807) is 41.4 Å². The molecular formula is C27H25N7O3. The molecule has 0 bridgehead atoms. The lowest BCUT2D eigenvalue weighted by Gasteiger charge is -2.10. The summed E-state index contributed by atoms with van der Waals surface area (Å²) in [6.07, 6.45) is 7.82. The minimum atomic E-state index is -1.07. The number of carboxylic acids is 1. The van der Waals surface area contributed by atoms with Crippen molar-refractivity contribution in [3.63, 3.8) is 0 Å². The van der Waals surface area contributed by atoms with Crippen LogP contribution in [-0.2, 0) is 13.0 Å². The van der Waals surface area contributed by atoms with Crippen LogP contribution in [0.3, 0.4) is 0 Å². The van der Waals surface area contributed by atoms with Gasteiger partial charge in [-0.25, -0.2) is 9.59 Å². The molecule has 3 aromatic heterocycles. The number of aromatic carboxylic acids is 1. The molecule has 186 valence electrons. The van der Waals surface area contributed by atoms with Gasteiger partial charge in [-0.2, -0.15) is 5.21 Å². The van der Waals surface area contributed by atoms with Gasteiger partial charge in [-0.05, 0) is 47.4 Å². The first-order chi connectivity index (χ1) is 18.1. The second-order valence-corrected chi connectivity index (χ2v) is 8.64. The number of nitrogens with one attached hydrogen (secondary N) is 1. The molecule has 5 aromatic rings. The molecule has 0 fully saturated rings. The molecule has 0 saturated carbocycles. The fraction of sp³-hybridized carbons (Fsp3) is 0.185. The van der Waals surface area contributed by atoms with E-state index in [0.29, 0.717) is 18.1 Å². The monoisotopic (exact) mass is 495 g/mol. The highest BCUT2D eigenvalue weighted by Crippen LogP contribution is 2.29. The van der Waals surface area contributed by atoms with Crippen LogP contribution in [0, 0.1) is 0 Å². The van der Waals surface area contributed by atoms with E-state index in [0.717, 1.165) is 47.2 Å². The van der Waals surface area contributed by atoms with E-state index in [2.05, 4.69) is 32.5 Å². The van der Waals surface area contributed by atoms with Crippen LogP contribution in [0.5, 0.6) is 0 Å². The van der Waals surface area contributed by atoms with Crippen molar-refractivity contribution in [3.8, 4) is 28.2 Å². The average Bonchev–Trinajstić information content (AvgIpc) is 3.57. The van der Waals surface area contributed by atoms with Crippen LogP contribution in [0.25, 0.3) is 28.2 Å². The minimum Gasteiger partial charge on any atom is -0.478 e. The summed E-state index contributed by atoms with van der Waals surface area (Å²) in [4.78, 5) is 29.5. The highest BCUT2D eigenvalue weighted by molar-refractivity contribution is 5.91. The van der Waals surface area contributed by atoms with Crippen LogP contribution in [0.4, 0.5) is 0 Å². The molecule has 0 atom stereocenters. The van der Waals surface area contributed by atoms with Gasteiger partial charge in [-0.1, -0.05) is 49.7 Å². The zero-order valence-corrected chi connectivity index (χ0v) is 20.2. The van der Waals surface area contributed by atoms with Gasteiger partial charge in [-0.3, -0.25) is 14.1 Å². The van der Waals surface area contributed by atoms with Gasteiger partial charge in [-0.15, -0.1) is 10.2 Å². The third kappa shape index (κ3) is 4.81. The summed E-state index contributed by atoms with van der Waals surface area (Å²) in [5.41, 5.74) is 4.59. The largest absolute Gasteiger partial charge is 0.478 e. The van der Waals surface area contributed by atoms with E-state index in [1.165, 1.54) is 10.6 Å². The average molecular weight is 496 g/mol. The van der Waals surface area contributed by atoms with E-state index in [4.69, 9.17) is 0 Å². The molecule has 0 aliphatic heterocycles. The Bertz CT molecular complexity index is 1590. The maximum absolute atomic E-state index is 13.5. The summed E-state index contributed by atoms with van der Waals surface area (Å²) in [7, 11) is 0. The molecule has 0 aliphatic carbocycles. The molecular weight excluding hydrogens is 470 g/mol. The van der Waals surface area contributed by atoms with E-state index in [9.17, 15) is 14.7 Å². The van der Waals surface area contributed by atoms with E-state index >= 15 is 0 Å². The lowest BCUT2D eigenvalue weighted by atomic mass is 10.0. The van der Waals surface area contributed by atoms with Gasteiger partial charge < -0.3 is 5.11 Å². The summed E-state index contributed by atoms with van der Waals surface area (Å²) in [6.45, 7) is 2.46. The second-order valence-electron chi connectivity index (χ2n) is 8.64. The standard InChI is InChI=1S/C27H25N7O3/c1-2-3-6-20-17-34(24-8-5-4-7-22(24)26(35)36)27(37)33(20)16-18-9-11-19(12-10-18)23-15-28-14-13-21(23)25-29-31-32-30-25/h4-5,7-15,17H,2-3,6,16H2,1H3,(H,35,36)(H,29,30,31,32). The molecule has 10 heteroatoms. The highest BCUT2D eigenvalue weighted by atomic mass is 16.4. The Balaban J connectivity index is 1.49. The summed E-state index contributed by atoms with van der Waals surface area (Å²) in [6, 6.07) is 16.3. The van der Waals surface area contributed by atoms with Crippen molar-refractivity contribution >= 4 is 5.97 Å². The van der Waals surface area contributed by atoms with Crippen LogP contribution >= 0.6 is 0 Å². The van der Waals surface area contributed by atoms with Gasteiger partial charge in [0.15, 0.2) is 0 Å². The molecule has 37 heavy (non-hydrogen) atoms. The van der Waals surface area contributed by atoms with Crippen molar-refractivity contribution in [1.29, 1.82) is 0 Å². The van der Waals surface area contributed by atoms with Crippen LogP contribution in [-0.4, -0.2) is 45.8 Å². The second kappa shape index (κ2) is 10.4. The molecule has 0 spiro atoms. The molecule has 2 N–H and O–H groups in total. The number of aromatic nitrogens is 7. The SMILES string of the molecule is CCCCc1cn(-c2ccccc2C(=O)O)c(=O)n1Cc1ccc(-c2cnccc2-c2nn[nH]n2)cc1. The molecule has 0 saturated heterocycles. The van der Waals surface area contributed by atoms with Crippen LogP contribution in [0.15, 0.2) is 78.0 Å². The lowest BCUT2D eigenvalue weighted by Crippen LogP contribution is -2.25. The number of unbranched alkanes of at least 4 members (excludes halogenated alkanes) is 1. The number of H-pyrrole nitrogens is 1. The summed E-state index contributed by atoms with van der Waals surface area (Å²) >= 11 is 0. The topological polar surface area (TPSA) is 132 Å². The molecule has 0 radical (unpaired) electrons. The third-order valence-corrected chi connectivity index (χ3v) is 6.26. The number of rotatable bonds is 9. The number of carbonyl (C=O) groups is 1. The van der Waals surface area contributed by atoms with Crippen LogP contribution in [0.1, 0.15) is 41.4 Å². The van der Waals surface area contributed by atoms with Gasteiger partial charge in [0, 0.05) is 35.4 Å². The van der Waals surface area contributed by atoms with Gasteiger partial charge in [0.05, 0.1) is 17.8 Å². The molecule has 2 aromatic carbocycles. The number of carboxylic acid groups (broad SMARTS) is 1. The molecule has 0 amide bonds. The maximum Gasteiger partial charge on any atom is 0.337 e. The van der Waals surface area contributed by atoms with Gasteiger partial charge in [0.1, 0.15) is 0 Å². The van der Waals surface area contributed by atoms with Crippen molar-refractivity contribution in [1.82, 2.24) is 34.7 Å². The Labute approximate surface area is 212 Å². The summed E-state index contributed by atoms with van der Waals surface area (Å²) < 4.78 is 3.16. The Morgan fingerprint density at radius 2 is 1.86 bits per heavy atom. The van der Waals surface area contributed by atoms with Crippen LogP contribution < -0.4 is 5.69 Å². The van der Waals surface area contributed by atoms with Gasteiger partial charge in [0.25, 0.3) is 0 Å². The molecule has 10 nitrogen and oxygen atoms in total. The smallest absolute Gasteiger partial charge is 0.337 e. The number of nitrogens with zero attached hydrogens (tertiary/aromatic N) is 6. The number of aryl methyl sites for hydroxylation is 1. The number of imidazole rings is 1. The molecule has 5 rings (SSSR count). The van der Waals surface area contributed by atoms with Crippen LogP contribution in [0.2, 0.25) is 0 Å². The first kappa shape index (κ1) is 23.9. The number of benzene rings is 2. The Kier molecular flexibility index (Phi) is 6.71. The number of hydrogen-bond acceptors (Lipinski definition) is 6. The van der Waals surface area contributed by atoms with Crippen molar-refractivity contribution < 1.29 is 9.90 Å². The Morgan fingerprint density at radius 3 is 2.59 bits per heavy atom. The Morgan fingerprint density at radius 1 is 1.05 bits per heavy atom. The predicted octanol–water partition coefficient (Wildman–Crippen LogP) is 3.97. The van der Waals surface area contributed by atoms with Crippen molar-refractivity contribution in [2.24, 2.45) is 0 Å². The fourth-order valence-corrected chi connectivity index (χ4v) is 4.36. The number of hydrogen-bond donors (Lipinski definition) is 2. The van der Waals surface area contributed by atoms with E-state index in [1.807, 2.05) is 30.3 Å². The predicted molar refractivity (Wildman–Crippen MR) is 138 cm³/mol. The Hall–Kier alpha value is -4.86. The maximum atomic E-state index is 13.5. The quantitative estimate of drug-likeness (QED) is 0.316. The summed E-state index contributed by atoms with van der Waals surface area (Å²) in [5, 5.41) is 23.9. The van der Waals surface area contributed by atoms with Gasteiger partial charge >= 0.3 is 11.7 Å². The zero-order chi connectivity index (χ0) is 25.8. The first-order valence-corrected chi connectivity index (χ1v) is 12.0. The molecule has 0 aliphatic rings. The van der Waals surface area contributed by atoms with Crippen molar-refractivity contribution in [2.75, 3.05) is 0 Å². The molecule has 3 heterocycles. The summed E-state index contributed by atoms with van der Waals surface area (Å²) in [5.74, 6) is -0.590. The normalized spacial score (nSPS) is 11.1. The van der Waals surface area contributed by atoms with Crippen molar-refractivity contribution in [2.45, 2.75) is 32.7 Å². The molecule has 0 unspecified atom stereocenters. The van der Waals surface area contributed by atoms with Crippen molar-refractivity contribution in [3.05, 3.63) is 100 Å². The fourth-order valence-electron chi connectivity index (χ4n) is 4.36. The minimum absolute atomic E-state index is 0.0852. The number of tetrazole rings is 1. The highest BCUT2D eigenvalue weighted by Gasteiger charge is 2.18. The van der Waals surface area contributed by atoms with Gasteiger partial charge in [0.2, 0.25) is 5.82 Å². The lowest BCUT2D eigenvalue weighted by molar-refractivity contribution is 0.0697. The third-order valence-electron chi connectivity index (χ3n) is 6.26. The number of aromatic amines is 1. The first-order valence-electron chi connectivity index (χ1n) is 12.0. The zero-order valence-electron chi connectivity index (χ0n) is 20.2. The number of para-hydroxylation sites is 1.